The van der Waals surface area contributed by atoms with E-state index in [4.69, 9.17) is 21.4 Å². The summed E-state index contributed by atoms with van der Waals surface area (Å²) in [5.41, 5.74) is 3.92. The molecule has 1 aromatic heterocycles. The number of nitrogens with zero attached hydrogens (tertiary/aromatic N) is 3. The van der Waals surface area contributed by atoms with Gasteiger partial charge in [-0.1, -0.05) is 66.2 Å². The van der Waals surface area contributed by atoms with Crippen LogP contribution in [0.15, 0.2) is 84.9 Å². The largest absolute Gasteiger partial charge is 0.439 e. The maximum Gasteiger partial charge on any atom is 0.227 e. The predicted molar refractivity (Wildman–Crippen MR) is 139 cm³/mol. The third kappa shape index (κ3) is 5.93. The van der Waals surface area contributed by atoms with E-state index in [1.165, 1.54) is 0 Å². The molecular formula is C29H30ClN3O2. The van der Waals surface area contributed by atoms with Gasteiger partial charge in [-0.25, -0.2) is 4.68 Å². The second-order valence-corrected chi connectivity index (χ2v) is 9.62. The Bertz CT molecular complexity index is 1260. The fourth-order valence-electron chi connectivity index (χ4n) is 4.42. The lowest BCUT2D eigenvalue weighted by Crippen LogP contribution is -2.35. The van der Waals surface area contributed by atoms with Crippen molar-refractivity contribution < 1.29 is 9.84 Å². The number of hydrogen-bond acceptors (Lipinski definition) is 4. The monoisotopic (exact) mass is 487 g/mol. The van der Waals surface area contributed by atoms with Crippen LogP contribution in [0.25, 0.3) is 5.69 Å². The molecule has 0 aliphatic heterocycles. The smallest absolute Gasteiger partial charge is 0.227 e. The summed E-state index contributed by atoms with van der Waals surface area (Å²) in [6.45, 7) is 3.27. The van der Waals surface area contributed by atoms with E-state index in [1.54, 1.807) is 0 Å². The molecule has 1 fully saturated rings. The van der Waals surface area contributed by atoms with Crippen LogP contribution in [0.5, 0.6) is 11.6 Å². The third-order valence-electron chi connectivity index (χ3n) is 6.33. The number of rotatable bonds is 10. The van der Waals surface area contributed by atoms with E-state index in [1.807, 2.05) is 84.4 Å². The maximum absolute atomic E-state index is 10.9. The van der Waals surface area contributed by atoms with E-state index < -0.39 is 6.10 Å². The molecule has 5 nitrogen and oxygen atoms in total. The normalized spacial score (nSPS) is 14.3. The molecule has 6 heteroatoms. The van der Waals surface area contributed by atoms with Crippen LogP contribution in [-0.4, -0.2) is 38.5 Å². The number of hydrogen-bond donors (Lipinski definition) is 1. The standard InChI is InChI=1S/C29H30ClN3O2/c1-21-28(20-32(24-15-16-24)19-26(34)17-22-9-4-2-5-10-22)29(35-27-13-6-3-7-14-27)33(31-21)25-12-8-11-23(30)18-25/h2-14,18,24,26,34H,15-17,19-20H2,1H3. The zero-order valence-corrected chi connectivity index (χ0v) is 20.6. The Morgan fingerprint density at radius 3 is 2.43 bits per heavy atom. The number of para-hydroxylation sites is 1. The van der Waals surface area contributed by atoms with Gasteiger partial charge in [-0.05, 0) is 62.1 Å². The molecule has 0 saturated heterocycles. The number of benzene rings is 3. The molecule has 35 heavy (non-hydrogen) atoms. The molecule has 0 radical (unpaired) electrons. The quantitative estimate of drug-likeness (QED) is 0.289. The second-order valence-electron chi connectivity index (χ2n) is 9.18. The van der Waals surface area contributed by atoms with E-state index in [0.717, 1.165) is 41.1 Å². The first-order valence-corrected chi connectivity index (χ1v) is 12.5. The molecular weight excluding hydrogens is 458 g/mol. The van der Waals surface area contributed by atoms with Crippen LogP contribution in [0.2, 0.25) is 5.02 Å². The van der Waals surface area contributed by atoms with E-state index in [-0.39, 0.29) is 0 Å². The molecule has 0 bridgehead atoms. The van der Waals surface area contributed by atoms with Gasteiger partial charge in [0, 0.05) is 24.2 Å². The van der Waals surface area contributed by atoms with Gasteiger partial charge in [0.05, 0.1) is 23.0 Å². The van der Waals surface area contributed by atoms with Crippen molar-refractivity contribution in [2.24, 2.45) is 0 Å². The van der Waals surface area contributed by atoms with Gasteiger partial charge in [0.15, 0.2) is 0 Å². The highest BCUT2D eigenvalue weighted by molar-refractivity contribution is 6.30. The summed E-state index contributed by atoms with van der Waals surface area (Å²) in [6, 6.07) is 28.0. The summed E-state index contributed by atoms with van der Waals surface area (Å²) in [7, 11) is 0. The highest BCUT2D eigenvalue weighted by atomic mass is 35.5. The van der Waals surface area contributed by atoms with Crippen LogP contribution >= 0.6 is 11.6 Å². The first kappa shape index (κ1) is 23.6. The summed E-state index contributed by atoms with van der Waals surface area (Å²) in [6.07, 6.45) is 2.49. The van der Waals surface area contributed by atoms with Crippen LogP contribution in [0, 0.1) is 6.92 Å². The molecule has 1 N–H and O–H groups in total. The molecule has 1 aliphatic rings. The Kier molecular flexibility index (Phi) is 7.19. The third-order valence-corrected chi connectivity index (χ3v) is 6.57. The minimum atomic E-state index is -0.445. The number of aromatic nitrogens is 2. The minimum absolute atomic E-state index is 0.445. The summed E-state index contributed by atoms with van der Waals surface area (Å²) >= 11 is 6.29. The van der Waals surface area contributed by atoms with Crippen LogP contribution in [-0.2, 0) is 13.0 Å². The molecule has 0 spiro atoms. The Hall–Kier alpha value is -3.12. The van der Waals surface area contributed by atoms with Crippen molar-refractivity contribution in [1.82, 2.24) is 14.7 Å². The van der Waals surface area contributed by atoms with Crippen molar-refractivity contribution in [3.8, 4) is 17.3 Å². The predicted octanol–water partition coefficient (Wildman–Crippen LogP) is 6.19. The Labute approximate surface area is 211 Å². The molecule has 1 heterocycles. The van der Waals surface area contributed by atoms with Crippen molar-refractivity contribution in [1.29, 1.82) is 0 Å². The number of aliphatic hydroxyl groups is 1. The summed E-state index contributed by atoms with van der Waals surface area (Å²) in [5, 5.41) is 16.4. The lowest BCUT2D eigenvalue weighted by atomic mass is 10.1. The van der Waals surface area contributed by atoms with Crippen LogP contribution in [0.1, 0.15) is 29.7 Å². The van der Waals surface area contributed by atoms with Gasteiger partial charge in [0.25, 0.3) is 0 Å². The Morgan fingerprint density at radius 2 is 1.74 bits per heavy atom. The van der Waals surface area contributed by atoms with Gasteiger partial charge in [-0.15, -0.1) is 0 Å². The van der Waals surface area contributed by atoms with Crippen molar-refractivity contribution >= 4 is 11.6 Å². The molecule has 1 unspecified atom stereocenters. The number of aliphatic hydroxyl groups excluding tert-OH is 1. The second kappa shape index (κ2) is 10.6. The highest BCUT2D eigenvalue weighted by Crippen LogP contribution is 2.35. The summed E-state index contributed by atoms with van der Waals surface area (Å²) < 4.78 is 8.25. The number of aryl methyl sites for hydroxylation is 1. The van der Waals surface area contributed by atoms with Crippen molar-refractivity contribution in [3.63, 3.8) is 0 Å². The van der Waals surface area contributed by atoms with Gasteiger partial charge >= 0.3 is 0 Å². The summed E-state index contributed by atoms with van der Waals surface area (Å²) in [5.74, 6) is 1.43. The average molecular weight is 488 g/mol. The van der Waals surface area contributed by atoms with Gasteiger partial charge in [0.1, 0.15) is 5.75 Å². The lowest BCUT2D eigenvalue weighted by molar-refractivity contribution is 0.103. The van der Waals surface area contributed by atoms with Crippen LogP contribution in [0.4, 0.5) is 0 Å². The Balaban J connectivity index is 1.44. The van der Waals surface area contributed by atoms with E-state index >= 15 is 0 Å². The van der Waals surface area contributed by atoms with Gasteiger partial charge < -0.3 is 9.84 Å². The molecule has 1 saturated carbocycles. The Morgan fingerprint density at radius 1 is 1.03 bits per heavy atom. The first-order valence-electron chi connectivity index (χ1n) is 12.1. The highest BCUT2D eigenvalue weighted by Gasteiger charge is 2.32. The van der Waals surface area contributed by atoms with Crippen molar-refractivity contribution in [3.05, 3.63) is 107 Å². The minimum Gasteiger partial charge on any atom is -0.439 e. The van der Waals surface area contributed by atoms with Crippen LogP contribution < -0.4 is 4.74 Å². The molecule has 5 rings (SSSR count). The van der Waals surface area contributed by atoms with E-state index in [0.29, 0.717) is 36.5 Å². The topological polar surface area (TPSA) is 50.5 Å². The molecule has 1 atom stereocenters. The molecule has 1 aliphatic carbocycles. The van der Waals surface area contributed by atoms with Crippen molar-refractivity contribution in [2.45, 2.75) is 44.9 Å². The fraction of sp³-hybridized carbons (Fsp3) is 0.276. The number of halogens is 1. The maximum atomic E-state index is 10.9. The van der Waals surface area contributed by atoms with Gasteiger partial charge in [-0.3, -0.25) is 4.90 Å². The zero-order chi connectivity index (χ0) is 24.2. The van der Waals surface area contributed by atoms with Crippen LogP contribution in [0.3, 0.4) is 0 Å². The fourth-order valence-corrected chi connectivity index (χ4v) is 4.60. The van der Waals surface area contributed by atoms with Gasteiger partial charge in [-0.2, -0.15) is 5.10 Å². The first-order chi connectivity index (χ1) is 17.1. The average Bonchev–Trinajstić information content (AvgIpc) is 3.66. The molecule has 0 amide bonds. The van der Waals surface area contributed by atoms with Crippen molar-refractivity contribution in [2.75, 3.05) is 6.54 Å². The van der Waals surface area contributed by atoms with Gasteiger partial charge in [0.2, 0.25) is 5.88 Å². The van der Waals surface area contributed by atoms with E-state index in [2.05, 4.69) is 17.0 Å². The zero-order valence-electron chi connectivity index (χ0n) is 19.8. The molecule has 3 aromatic carbocycles. The molecule has 4 aromatic rings. The number of ether oxygens (including phenoxy) is 1. The SMILES string of the molecule is Cc1nn(-c2cccc(Cl)c2)c(Oc2ccccc2)c1CN(CC(O)Cc1ccccc1)C1CC1. The molecule has 180 valence electrons. The van der Waals surface area contributed by atoms with E-state index in [9.17, 15) is 5.11 Å². The summed E-state index contributed by atoms with van der Waals surface area (Å²) in [4.78, 5) is 2.37. The lowest BCUT2D eigenvalue weighted by Gasteiger charge is -2.25.